The minimum Gasteiger partial charge on any atom is -0.508 e. The number of phenolic OH excluding ortho intramolecular Hbond substituents is 1. The number of nitrogens with one attached hydrogen (secondary N) is 2. The molecule has 28 heavy (non-hydrogen) atoms. The van der Waals surface area contributed by atoms with Gasteiger partial charge >= 0.3 is 6.03 Å². The highest BCUT2D eigenvalue weighted by molar-refractivity contribution is 5.77. The quantitative estimate of drug-likeness (QED) is 0.738. The van der Waals surface area contributed by atoms with Crippen LogP contribution in [0.5, 0.6) is 17.2 Å². The van der Waals surface area contributed by atoms with Crippen LogP contribution < -0.4 is 20.1 Å². The molecule has 2 aromatic rings. The lowest BCUT2D eigenvalue weighted by Gasteiger charge is -2.49. The predicted molar refractivity (Wildman–Crippen MR) is 106 cm³/mol. The molecule has 2 aromatic carbocycles. The zero-order valence-electron chi connectivity index (χ0n) is 16.6. The average molecular weight is 382 g/mol. The Balaban J connectivity index is 1.83. The van der Waals surface area contributed by atoms with E-state index in [0.717, 1.165) is 22.4 Å². The molecule has 2 aliphatic heterocycles. The van der Waals surface area contributed by atoms with E-state index in [0.29, 0.717) is 18.6 Å². The van der Waals surface area contributed by atoms with Gasteiger partial charge in [0.2, 0.25) is 0 Å². The largest absolute Gasteiger partial charge is 0.508 e. The molecule has 0 unspecified atom stereocenters. The van der Waals surface area contributed by atoms with Crippen molar-refractivity contribution in [3.8, 4) is 17.2 Å². The molecule has 0 radical (unpaired) electrons. The molecule has 2 aliphatic rings. The molecule has 1 saturated heterocycles. The van der Waals surface area contributed by atoms with Crippen LogP contribution in [0, 0.1) is 6.92 Å². The summed E-state index contributed by atoms with van der Waals surface area (Å²) >= 11 is 0. The van der Waals surface area contributed by atoms with Gasteiger partial charge in [-0.05, 0) is 50.1 Å². The minimum absolute atomic E-state index is 0.0180. The van der Waals surface area contributed by atoms with E-state index in [1.807, 2.05) is 45.0 Å². The lowest BCUT2D eigenvalue weighted by Crippen LogP contribution is -2.69. The maximum Gasteiger partial charge on any atom is 0.318 e. The van der Waals surface area contributed by atoms with E-state index < -0.39 is 11.3 Å². The van der Waals surface area contributed by atoms with Crippen molar-refractivity contribution in [1.82, 2.24) is 10.6 Å². The number of amides is 2. The average Bonchev–Trinajstić information content (AvgIpc) is 2.58. The van der Waals surface area contributed by atoms with Gasteiger partial charge in [-0.3, -0.25) is 0 Å². The van der Waals surface area contributed by atoms with Crippen LogP contribution in [0.1, 0.15) is 49.3 Å². The number of fused-ring (bicyclic) bond motifs is 1. The zero-order chi connectivity index (χ0) is 20.1. The first-order chi connectivity index (χ1) is 13.2. The van der Waals surface area contributed by atoms with Crippen LogP contribution in [-0.2, 0) is 0 Å². The minimum atomic E-state index is -0.844. The van der Waals surface area contributed by atoms with Crippen molar-refractivity contribution in [3.63, 3.8) is 0 Å². The summed E-state index contributed by atoms with van der Waals surface area (Å²) in [6, 6.07) is 11.1. The van der Waals surface area contributed by atoms with E-state index >= 15 is 0 Å². The lowest BCUT2D eigenvalue weighted by molar-refractivity contribution is -0.0237. The van der Waals surface area contributed by atoms with Crippen molar-refractivity contribution in [2.45, 2.75) is 50.8 Å². The van der Waals surface area contributed by atoms with E-state index in [2.05, 4.69) is 10.6 Å². The topological polar surface area (TPSA) is 79.8 Å². The second-order valence-electron chi connectivity index (χ2n) is 8.44. The Bertz CT molecular complexity index is 923. The molecule has 6 nitrogen and oxygen atoms in total. The van der Waals surface area contributed by atoms with Crippen molar-refractivity contribution in [1.29, 1.82) is 0 Å². The molecule has 0 bridgehead atoms. The first-order valence-electron chi connectivity index (χ1n) is 9.47. The highest BCUT2D eigenvalue weighted by Crippen LogP contribution is 2.49. The first kappa shape index (κ1) is 18.5. The number of methoxy groups -OCH3 is 1. The molecule has 2 amide bonds. The number of aromatic hydroxyl groups is 1. The fraction of sp³-hybridized carbons (Fsp3) is 0.409. The molecule has 1 spiro atoms. The smallest absolute Gasteiger partial charge is 0.318 e. The van der Waals surface area contributed by atoms with Gasteiger partial charge in [-0.25, -0.2) is 4.79 Å². The summed E-state index contributed by atoms with van der Waals surface area (Å²) in [5.41, 5.74) is 1.87. The number of hydrogen-bond acceptors (Lipinski definition) is 4. The fourth-order valence-corrected chi connectivity index (χ4v) is 4.62. The van der Waals surface area contributed by atoms with Crippen molar-refractivity contribution in [2.75, 3.05) is 7.11 Å². The van der Waals surface area contributed by atoms with Crippen LogP contribution in [-0.4, -0.2) is 29.5 Å². The highest BCUT2D eigenvalue weighted by atomic mass is 16.5. The standard InChI is InChI=1S/C22H26N2O4/c1-13-9-15(25)10-18-19(13)17(14-5-7-16(27-4)8-6-14)11-22(28-18)12-21(2,3)23-20(26)24-22/h5-10,17,25H,11-12H2,1-4H3,(H2,23,24,26)/t17-,22-/m1/s1. The van der Waals surface area contributed by atoms with Gasteiger partial charge < -0.3 is 25.2 Å². The molecule has 1 fully saturated rings. The Kier molecular flexibility index (Phi) is 4.17. The van der Waals surface area contributed by atoms with Gasteiger partial charge in [0.15, 0.2) is 5.72 Å². The number of aryl methyl sites for hydroxylation is 1. The number of carbonyl (C=O) groups excluding carboxylic acids is 1. The SMILES string of the molecule is COc1ccc([C@H]2C[C@]3(CC(C)(C)NC(=O)N3)Oc3cc(O)cc(C)c32)cc1. The Morgan fingerprint density at radius 3 is 2.54 bits per heavy atom. The highest BCUT2D eigenvalue weighted by Gasteiger charge is 2.50. The van der Waals surface area contributed by atoms with Gasteiger partial charge in [0, 0.05) is 35.9 Å². The molecular weight excluding hydrogens is 356 g/mol. The zero-order valence-corrected chi connectivity index (χ0v) is 16.6. The summed E-state index contributed by atoms with van der Waals surface area (Å²) in [5.74, 6) is 1.58. The van der Waals surface area contributed by atoms with Gasteiger partial charge in [0.05, 0.1) is 7.11 Å². The summed E-state index contributed by atoms with van der Waals surface area (Å²) in [4.78, 5) is 12.4. The normalized spacial score (nSPS) is 25.3. The summed E-state index contributed by atoms with van der Waals surface area (Å²) in [6.07, 6.45) is 1.21. The van der Waals surface area contributed by atoms with Crippen molar-refractivity contribution in [2.24, 2.45) is 0 Å². The Morgan fingerprint density at radius 2 is 1.89 bits per heavy atom. The van der Waals surface area contributed by atoms with Crippen molar-refractivity contribution < 1.29 is 19.4 Å². The Hall–Kier alpha value is -2.89. The van der Waals surface area contributed by atoms with Crippen LogP contribution >= 0.6 is 0 Å². The number of phenols is 1. The van der Waals surface area contributed by atoms with Crippen LogP contribution in [0.2, 0.25) is 0 Å². The van der Waals surface area contributed by atoms with E-state index in [4.69, 9.17) is 9.47 Å². The summed E-state index contributed by atoms with van der Waals surface area (Å²) in [7, 11) is 1.65. The monoisotopic (exact) mass is 382 g/mol. The third kappa shape index (κ3) is 3.23. The number of carbonyl (C=O) groups is 1. The first-order valence-corrected chi connectivity index (χ1v) is 9.47. The molecule has 2 atom stereocenters. The molecule has 0 aromatic heterocycles. The van der Waals surface area contributed by atoms with Gasteiger partial charge in [0.25, 0.3) is 0 Å². The molecule has 3 N–H and O–H groups in total. The Morgan fingerprint density at radius 1 is 1.18 bits per heavy atom. The number of ether oxygens (including phenoxy) is 2. The maximum atomic E-state index is 12.4. The summed E-state index contributed by atoms with van der Waals surface area (Å²) < 4.78 is 11.7. The second kappa shape index (κ2) is 6.33. The van der Waals surface area contributed by atoms with E-state index in [9.17, 15) is 9.90 Å². The van der Waals surface area contributed by atoms with Crippen LogP contribution in [0.3, 0.4) is 0 Å². The van der Waals surface area contributed by atoms with E-state index in [-0.39, 0.29) is 17.7 Å². The van der Waals surface area contributed by atoms with Crippen molar-refractivity contribution >= 4 is 6.03 Å². The molecule has 4 rings (SSSR count). The third-order valence-corrected chi connectivity index (χ3v) is 5.56. The number of hydrogen-bond donors (Lipinski definition) is 3. The van der Waals surface area contributed by atoms with E-state index in [1.54, 1.807) is 19.2 Å². The second-order valence-corrected chi connectivity index (χ2v) is 8.44. The van der Waals surface area contributed by atoms with Crippen LogP contribution in [0.15, 0.2) is 36.4 Å². The number of rotatable bonds is 2. The summed E-state index contributed by atoms with van der Waals surface area (Å²) in [5, 5.41) is 16.1. The van der Waals surface area contributed by atoms with Gasteiger partial charge in [-0.15, -0.1) is 0 Å². The Labute approximate surface area is 164 Å². The molecular formula is C22H26N2O4. The predicted octanol–water partition coefficient (Wildman–Crippen LogP) is 3.80. The number of urea groups is 1. The molecule has 0 aliphatic carbocycles. The molecule has 0 saturated carbocycles. The molecule has 6 heteroatoms. The van der Waals surface area contributed by atoms with Crippen LogP contribution in [0.25, 0.3) is 0 Å². The summed E-state index contributed by atoms with van der Waals surface area (Å²) in [6.45, 7) is 5.95. The third-order valence-electron chi connectivity index (χ3n) is 5.56. The van der Waals surface area contributed by atoms with E-state index in [1.165, 1.54) is 0 Å². The van der Waals surface area contributed by atoms with Gasteiger partial charge in [0.1, 0.15) is 17.2 Å². The van der Waals surface area contributed by atoms with Gasteiger partial charge in [-0.2, -0.15) is 0 Å². The fourth-order valence-electron chi connectivity index (χ4n) is 4.62. The number of benzene rings is 2. The van der Waals surface area contributed by atoms with Crippen LogP contribution in [0.4, 0.5) is 4.79 Å². The van der Waals surface area contributed by atoms with Gasteiger partial charge in [-0.1, -0.05) is 12.1 Å². The maximum absolute atomic E-state index is 12.4. The molecule has 2 heterocycles. The van der Waals surface area contributed by atoms with Crippen molar-refractivity contribution in [3.05, 3.63) is 53.1 Å². The lowest BCUT2D eigenvalue weighted by atomic mass is 9.76. The molecule has 148 valence electrons.